The van der Waals surface area contributed by atoms with Crippen LogP contribution in [0.25, 0.3) is 0 Å². The summed E-state index contributed by atoms with van der Waals surface area (Å²) in [5, 5.41) is 11.9. The SMILES string of the molecule is CNC(=O)N1CCSC1c1ccc(O)cc1. The number of urea groups is 1. The summed E-state index contributed by atoms with van der Waals surface area (Å²) in [4.78, 5) is 13.4. The van der Waals surface area contributed by atoms with E-state index in [1.165, 1.54) is 0 Å². The third-order valence-corrected chi connectivity index (χ3v) is 3.80. The van der Waals surface area contributed by atoms with Crippen LogP contribution in [-0.2, 0) is 0 Å². The minimum absolute atomic E-state index is 0.0527. The van der Waals surface area contributed by atoms with Crippen molar-refractivity contribution >= 4 is 17.8 Å². The maximum absolute atomic E-state index is 11.6. The van der Waals surface area contributed by atoms with Gasteiger partial charge in [0.1, 0.15) is 11.1 Å². The Balaban J connectivity index is 2.19. The van der Waals surface area contributed by atoms with Gasteiger partial charge in [0.15, 0.2) is 0 Å². The van der Waals surface area contributed by atoms with E-state index in [2.05, 4.69) is 5.32 Å². The highest BCUT2D eigenvalue weighted by atomic mass is 32.2. The highest BCUT2D eigenvalue weighted by molar-refractivity contribution is 7.99. The highest BCUT2D eigenvalue weighted by Gasteiger charge is 2.29. The van der Waals surface area contributed by atoms with Gasteiger partial charge in [0.05, 0.1) is 0 Å². The molecule has 2 N–H and O–H groups in total. The zero-order valence-electron chi connectivity index (χ0n) is 9.01. The number of hydrogen-bond donors (Lipinski definition) is 2. The molecule has 0 aliphatic carbocycles. The van der Waals surface area contributed by atoms with Gasteiger partial charge in [-0.25, -0.2) is 4.79 Å². The molecule has 16 heavy (non-hydrogen) atoms. The van der Waals surface area contributed by atoms with Crippen molar-refractivity contribution in [2.24, 2.45) is 0 Å². The number of carbonyl (C=O) groups excluding carboxylic acids is 1. The van der Waals surface area contributed by atoms with E-state index in [4.69, 9.17) is 0 Å². The Morgan fingerprint density at radius 3 is 2.81 bits per heavy atom. The summed E-state index contributed by atoms with van der Waals surface area (Å²) < 4.78 is 0. The number of rotatable bonds is 1. The van der Waals surface area contributed by atoms with E-state index in [1.807, 2.05) is 12.1 Å². The van der Waals surface area contributed by atoms with Gasteiger partial charge in [-0.05, 0) is 17.7 Å². The van der Waals surface area contributed by atoms with Gasteiger partial charge in [-0.1, -0.05) is 12.1 Å². The van der Waals surface area contributed by atoms with Crippen molar-refractivity contribution in [2.75, 3.05) is 19.3 Å². The molecule has 1 aromatic carbocycles. The first-order chi connectivity index (χ1) is 7.72. The van der Waals surface area contributed by atoms with Crippen LogP contribution >= 0.6 is 11.8 Å². The van der Waals surface area contributed by atoms with Crippen LogP contribution in [0.15, 0.2) is 24.3 Å². The lowest BCUT2D eigenvalue weighted by atomic mass is 10.2. The summed E-state index contributed by atoms with van der Waals surface area (Å²) in [6, 6.07) is 6.96. The number of aromatic hydroxyl groups is 1. The molecule has 0 saturated carbocycles. The summed E-state index contributed by atoms with van der Waals surface area (Å²) in [6.45, 7) is 0.760. The van der Waals surface area contributed by atoms with Crippen LogP contribution in [-0.4, -0.2) is 35.4 Å². The standard InChI is InChI=1S/C11H14N2O2S/c1-12-11(15)13-6-7-16-10(13)8-2-4-9(14)5-3-8/h2-5,10,14H,6-7H2,1H3,(H,12,15). The normalized spacial score (nSPS) is 19.8. The third kappa shape index (κ3) is 2.09. The van der Waals surface area contributed by atoms with E-state index in [0.717, 1.165) is 17.9 Å². The summed E-state index contributed by atoms with van der Waals surface area (Å²) in [5.41, 5.74) is 1.05. The average Bonchev–Trinajstić information content (AvgIpc) is 2.78. The fraction of sp³-hybridized carbons (Fsp3) is 0.364. The van der Waals surface area contributed by atoms with E-state index in [0.29, 0.717) is 0 Å². The second kappa shape index (κ2) is 4.65. The largest absolute Gasteiger partial charge is 0.508 e. The van der Waals surface area contributed by atoms with Crippen LogP contribution in [0.4, 0.5) is 4.79 Å². The molecule has 2 amide bonds. The summed E-state index contributed by atoms with van der Waals surface area (Å²) in [6.07, 6.45) is 0. The lowest BCUT2D eigenvalue weighted by molar-refractivity contribution is 0.202. The molecule has 1 heterocycles. The van der Waals surface area contributed by atoms with Crippen molar-refractivity contribution in [3.8, 4) is 5.75 Å². The fourth-order valence-corrected chi connectivity index (χ4v) is 2.99. The van der Waals surface area contributed by atoms with Gasteiger partial charge in [0, 0.05) is 19.3 Å². The van der Waals surface area contributed by atoms with E-state index in [-0.39, 0.29) is 17.2 Å². The molecular weight excluding hydrogens is 224 g/mol. The maximum atomic E-state index is 11.6. The number of amides is 2. The number of benzene rings is 1. The van der Waals surface area contributed by atoms with Crippen LogP contribution in [0.5, 0.6) is 5.75 Å². The van der Waals surface area contributed by atoms with Gasteiger partial charge >= 0.3 is 6.03 Å². The number of nitrogens with zero attached hydrogens (tertiary/aromatic N) is 1. The minimum atomic E-state index is -0.0527. The van der Waals surface area contributed by atoms with Crippen molar-refractivity contribution in [2.45, 2.75) is 5.37 Å². The molecule has 2 rings (SSSR count). The molecule has 1 aliphatic heterocycles. The van der Waals surface area contributed by atoms with Crippen LogP contribution in [0.3, 0.4) is 0 Å². The highest BCUT2D eigenvalue weighted by Crippen LogP contribution is 2.38. The van der Waals surface area contributed by atoms with Crippen molar-refractivity contribution in [3.05, 3.63) is 29.8 Å². The average molecular weight is 238 g/mol. The van der Waals surface area contributed by atoms with Gasteiger partial charge in [-0.2, -0.15) is 0 Å². The van der Waals surface area contributed by atoms with Gasteiger partial charge in [-0.3, -0.25) is 0 Å². The fourth-order valence-electron chi connectivity index (χ4n) is 1.74. The number of thioether (sulfide) groups is 1. The Bertz CT molecular complexity index is 380. The number of carbonyl (C=O) groups is 1. The molecule has 0 radical (unpaired) electrons. The van der Waals surface area contributed by atoms with Crippen molar-refractivity contribution in [1.29, 1.82) is 0 Å². The summed E-state index contributed by atoms with van der Waals surface area (Å²) in [7, 11) is 1.64. The van der Waals surface area contributed by atoms with Crippen LogP contribution < -0.4 is 5.32 Å². The third-order valence-electron chi connectivity index (χ3n) is 2.54. The first-order valence-corrected chi connectivity index (χ1v) is 6.16. The summed E-state index contributed by atoms with van der Waals surface area (Å²) >= 11 is 1.74. The topological polar surface area (TPSA) is 52.6 Å². The second-order valence-corrected chi connectivity index (χ2v) is 4.75. The second-order valence-electron chi connectivity index (χ2n) is 3.56. The number of phenolic OH excluding ortho intramolecular Hbond substituents is 1. The molecule has 0 bridgehead atoms. The van der Waals surface area contributed by atoms with Crippen molar-refractivity contribution in [3.63, 3.8) is 0 Å². The molecule has 1 aromatic rings. The van der Waals surface area contributed by atoms with Crippen LogP contribution in [0.1, 0.15) is 10.9 Å². The molecule has 0 spiro atoms. The smallest absolute Gasteiger partial charge is 0.318 e. The molecule has 1 atom stereocenters. The van der Waals surface area contributed by atoms with E-state index in [9.17, 15) is 9.90 Å². The Morgan fingerprint density at radius 1 is 1.50 bits per heavy atom. The first kappa shape index (κ1) is 11.1. The van der Waals surface area contributed by atoms with Crippen LogP contribution in [0, 0.1) is 0 Å². The molecule has 1 fully saturated rings. The lowest BCUT2D eigenvalue weighted by Gasteiger charge is -2.23. The molecule has 0 aromatic heterocycles. The number of phenols is 1. The Hall–Kier alpha value is -1.36. The van der Waals surface area contributed by atoms with E-state index >= 15 is 0 Å². The zero-order valence-corrected chi connectivity index (χ0v) is 9.83. The quantitative estimate of drug-likeness (QED) is 0.784. The van der Waals surface area contributed by atoms with Crippen molar-refractivity contribution < 1.29 is 9.90 Å². The van der Waals surface area contributed by atoms with Gasteiger partial charge in [0.2, 0.25) is 0 Å². The molecule has 1 unspecified atom stereocenters. The molecule has 86 valence electrons. The molecule has 4 nitrogen and oxygen atoms in total. The minimum Gasteiger partial charge on any atom is -0.508 e. The Labute approximate surface area is 98.6 Å². The van der Waals surface area contributed by atoms with Gasteiger partial charge < -0.3 is 15.3 Å². The van der Waals surface area contributed by atoms with Gasteiger partial charge in [0.25, 0.3) is 0 Å². The molecule has 1 aliphatic rings. The predicted octanol–water partition coefficient (Wildman–Crippen LogP) is 1.78. The predicted molar refractivity (Wildman–Crippen MR) is 64.5 cm³/mol. The number of nitrogens with one attached hydrogen (secondary N) is 1. The number of hydrogen-bond acceptors (Lipinski definition) is 3. The van der Waals surface area contributed by atoms with Crippen molar-refractivity contribution in [1.82, 2.24) is 10.2 Å². The first-order valence-electron chi connectivity index (χ1n) is 5.11. The maximum Gasteiger partial charge on any atom is 0.318 e. The molecule has 1 saturated heterocycles. The van der Waals surface area contributed by atoms with Gasteiger partial charge in [-0.15, -0.1) is 11.8 Å². The van der Waals surface area contributed by atoms with Crippen LogP contribution in [0.2, 0.25) is 0 Å². The van der Waals surface area contributed by atoms with E-state index < -0.39 is 0 Å². The van der Waals surface area contributed by atoms with E-state index in [1.54, 1.807) is 35.8 Å². The molecule has 5 heteroatoms. The lowest BCUT2D eigenvalue weighted by Crippen LogP contribution is -2.37. The Kier molecular flexibility index (Phi) is 3.24. The monoisotopic (exact) mass is 238 g/mol. The molecular formula is C11H14N2O2S. The zero-order chi connectivity index (χ0) is 11.5. The summed E-state index contributed by atoms with van der Waals surface area (Å²) in [5.74, 6) is 1.19. The Morgan fingerprint density at radius 2 is 2.19 bits per heavy atom.